The lowest BCUT2D eigenvalue weighted by Crippen LogP contribution is -2.52. The van der Waals surface area contributed by atoms with Crippen molar-refractivity contribution in [1.82, 2.24) is 9.80 Å². The Kier molecular flexibility index (Phi) is 5.18. The second-order valence-corrected chi connectivity index (χ2v) is 6.14. The second kappa shape index (κ2) is 7.58. The van der Waals surface area contributed by atoms with Crippen molar-refractivity contribution in [1.29, 1.82) is 0 Å². The molecule has 0 atom stereocenters. The maximum Gasteiger partial charge on any atom is 0.333 e. The van der Waals surface area contributed by atoms with E-state index in [-0.39, 0.29) is 28.3 Å². The van der Waals surface area contributed by atoms with Gasteiger partial charge in [-0.15, -0.1) is 0 Å². The first-order chi connectivity index (χ1) is 13.7. The quantitative estimate of drug-likeness (QED) is 0.328. The first-order valence-corrected chi connectivity index (χ1v) is 8.57. The van der Waals surface area contributed by atoms with Crippen LogP contribution in [0.1, 0.15) is 12.7 Å². The standard InChI is InChI=1S/C19H17N3O7/c1-4-28-11-5-7-13(15(10-11)22(26)27)16-8-6-12(29-16)9-14-17(23)20(2)19(25)21(3)18(14)24/h5-10H,4H2,1-3H3. The van der Waals surface area contributed by atoms with Crippen LogP contribution in [0.25, 0.3) is 17.4 Å². The molecule has 1 saturated heterocycles. The SMILES string of the molecule is CCOc1ccc(-c2ccc(C=C3C(=O)N(C)C(=O)N(C)C3=O)o2)c([N+](=O)[O-])c1. The zero-order valence-corrected chi connectivity index (χ0v) is 15.9. The lowest BCUT2D eigenvalue weighted by molar-refractivity contribution is -0.384. The summed E-state index contributed by atoms with van der Waals surface area (Å²) >= 11 is 0. The minimum atomic E-state index is -0.761. The number of carbonyl (C=O) groups excluding carboxylic acids is 3. The highest BCUT2D eigenvalue weighted by Crippen LogP contribution is 2.34. The molecule has 0 saturated carbocycles. The van der Waals surface area contributed by atoms with Crippen molar-refractivity contribution in [3.05, 3.63) is 51.8 Å². The number of benzene rings is 1. The van der Waals surface area contributed by atoms with Gasteiger partial charge in [0.15, 0.2) is 0 Å². The molecule has 10 nitrogen and oxygen atoms in total. The molecule has 0 aliphatic carbocycles. The predicted octanol–water partition coefficient (Wildman–Crippen LogP) is 2.69. The molecule has 1 aliphatic heterocycles. The number of imide groups is 2. The van der Waals surface area contributed by atoms with E-state index in [0.29, 0.717) is 12.4 Å². The van der Waals surface area contributed by atoms with E-state index in [9.17, 15) is 24.5 Å². The van der Waals surface area contributed by atoms with Crippen LogP contribution in [0, 0.1) is 10.1 Å². The molecule has 10 heteroatoms. The number of nitrogens with zero attached hydrogens (tertiary/aromatic N) is 3. The van der Waals surface area contributed by atoms with Gasteiger partial charge >= 0.3 is 6.03 Å². The summed E-state index contributed by atoms with van der Waals surface area (Å²) in [6.07, 6.45) is 1.20. The normalized spacial score (nSPS) is 14.4. The maximum atomic E-state index is 12.3. The molecule has 4 amide bonds. The predicted molar refractivity (Wildman–Crippen MR) is 101 cm³/mol. The molecule has 3 rings (SSSR count). The number of rotatable bonds is 5. The molecule has 2 heterocycles. The molecule has 0 radical (unpaired) electrons. The van der Waals surface area contributed by atoms with Crippen molar-refractivity contribution in [3.8, 4) is 17.1 Å². The number of hydrogen-bond acceptors (Lipinski definition) is 7. The Balaban J connectivity index is 1.99. The Labute approximate surface area is 165 Å². The summed E-state index contributed by atoms with van der Waals surface area (Å²) in [5, 5.41) is 11.4. The van der Waals surface area contributed by atoms with E-state index in [0.717, 1.165) is 9.80 Å². The number of nitro benzene ring substituents is 1. The topological polar surface area (TPSA) is 123 Å². The summed E-state index contributed by atoms with van der Waals surface area (Å²) in [7, 11) is 2.52. The van der Waals surface area contributed by atoms with Crippen LogP contribution in [-0.2, 0) is 9.59 Å². The Bertz CT molecular complexity index is 1030. The molecule has 0 unspecified atom stereocenters. The van der Waals surface area contributed by atoms with Crippen LogP contribution in [0.2, 0.25) is 0 Å². The fraction of sp³-hybridized carbons (Fsp3) is 0.211. The monoisotopic (exact) mass is 399 g/mol. The third kappa shape index (κ3) is 3.59. The van der Waals surface area contributed by atoms with Crippen molar-refractivity contribution in [2.75, 3.05) is 20.7 Å². The Morgan fingerprint density at radius 1 is 1.10 bits per heavy atom. The maximum absolute atomic E-state index is 12.3. The summed E-state index contributed by atoms with van der Waals surface area (Å²) in [5.74, 6) is -0.853. The van der Waals surface area contributed by atoms with E-state index in [1.165, 1.54) is 44.4 Å². The Morgan fingerprint density at radius 2 is 1.76 bits per heavy atom. The highest BCUT2D eigenvalue weighted by molar-refractivity contribution is 6.30. The lowest BCUT2D eigenvalue weighted by atomic mass is 10.1. The zero-order valence-electron chi connectivity index (χ0n) is 15.9. The van der Waals surface area contributed by atoms with Crippen LogP contribution in [0.5, 0.6) is 5.75 Å². The zero-order chi connectivity index (χ0) is 21.3. The molecule has 1 fully saturated rings. The molecule has 0 spiro atoms. The van der Waals surface area contributed by atoms with E-state index in [1.54, 1.807) is 13.0 Å². The van der Waals surface area contributed by atoms with Crippen molar-refractivity contribution in [2.24, 2.45) is 0 Å². The van der Waals surface area contributed by atoms with Gasteiger partial charge in [0.05, 0.1) is 23.2 Å². The largest absolute Gasteiger partial charge is 0.494 e. The van der Waals surface area contributed by atoms with E-state index in [4.69, 9.17) is 9.15 Å². The third-order valence-electron chi connectivity index (χ3n) is 4.30. The molecule has 0 bridgehead atoms. The fourth-order valence-electron chi connectivity index (χ4n) is 2.82. The first-order valence-electron chi connectivity index (χ1n) is 8.57. The van der Waals surface area contributed by atoms with Crippen LogP contribution < -0.4 is 4.74 Å². The van der Waals surface area contributed by atoms with Crippen LogP contribution in [0.3, 0.4) is 0 Å². The van der Waals surface area contributed by atoms with Gasteiger partial charge in [0.25, 0.3) is 17.5 Å². The Morgan fingerprint density at radius 3 is 2.34 bits per heavy atom. The van der Waals surface area contributed by atoms with Gasteiger partial charge in [-0.1, -0.05) is 0 Å². The number of likely N-dealkylation sites (N-methyl/N-ethyl adjacent to an activating group) is 2. The van der Waals surface area contributed by atoms with Crippen molar-refractivity contribution < 1.29 is 28.5 Å². The summed E-state index contributed by atoms with van der Waals surface area (Å²) in [5.41, 5.74) is -0.245. The number of urea groups is 1. The van der Waals surface area contributed by atoms with Gasteiger partial charge in [-0.25, -0.2) is 4.79 Å². The van der Waals surface area contributed by atoms with E-state index < -0.39 is 22.8 Å². The molecule has 1 aliphatic rings. The van der Waals surface area contributed by atoms with Gasteiger partial charge < -0.3 is 9.15 Å². The first kappa shape index (κ1) is 19.8. The molecular formula is C19H17N3O7. The summed E-state index contributed by atoms with van der Waals surface area (Å²) in [6.45, 7) is 2.13. The van der Waals surface area contributed by atoms with E-state index in [1.807, 2.05) is 0 Å². The average molecular weight is 399 g/mol. The number of amides is 4. The Hall–Kier alpha value is -3.95. The van der Waals surface area contributed by atoms with Crippen LogP contribution in [0.4, 0.5) is 10.5 Å². The number of nitro groups is 1. The lowest BCUT2D eigenvalue weighted by Gasteiger charge is -2.28. The highest BCUT2D eigenvalue weighted by Gasteiger charge is 2.38. The minimum Gasteiger partial charge on any atom is -0.494 e. The number of hydrogen-bond donors (Lipinski definition) is 0. The molecule has 150 valence electrons. The van der Waals surface area contributed by atoms with Crippen LogP contribution in [-0.4, -0.2) is 53.3 Å². The fourth-order valence-corrected chi connectivity index (χ4v) is 2.82. The molecule has 1 aromatic heterocycles. The molecular weight excluding hydrogens is 382 g/mol. The van der Waals surface area contributed by atoms with Crippen molar-refractivity contribution in [2.45, 2.75) is 6.92 Å². The molecule has 1 aromatic carbocycles. The second-order valence-electron chi connectivity index (χ2n) is 6.14. The van der Waals surface area contributed by atoms with E-state index >= 15 is 0 Å². The summed E-state index contributed by atoms with van der Waals surface area (Å²) < 4.78 is 10.9. The average Bonchev–Trinajstić information content (AvgIpc) is 3.17. The van der Waals surface area contributed by atoms with Crippen molar-refractivity contribution >= 4 is 29.6 Å². The van der Waals surface area contributed by atoms with Gasteiger partial charge in [-0.3, -0.25) is 29.5 Å². The van der Waals surface area contributed by atoms with Crippen LogP contribution in [0.15, 0.2) is 40.3 Å². The number of barbiturate groups is 1. The minimum absolute atomic E-state index is 0.135. The number of furan rings is 1. The highest BCUT2D eigenvalue weighted by atomic mass is 16.6. The molecule has 29 heavy (non-hydrogen) atoms. The van der Waals surface area contributed by atoms with Gasteiger partial charge in [-0.2, -0.15) is 0 Å². The van der Waals surface area contributed by atoms with E-state index in [2.05, 4.69) is 0 Å². The van der Waals surface area contributed by atoms with Gasteiger partial charge in [0, 0.05) is 14.1 Å². The molecule has 0 N–H and O–H groups in total. The number of ether oxygens (including phenoxy) is 1. The van der Waals surface area contributed by atoms with Gasteiger partial charge in [-0.05, 0) is 37.3 Å². The van der Waals surface area contributed by atoms with Gasteiger partial charge in [0.2, 0.25) is 0 Å². The summed E-state index contributed by atoms with van der Waals surface area (Å²) in [4.78, 5) is 48.8. The third-order valence-corrected chi connectivity index (χ3v) is 4.30. The van der Waals surface area contributed by atoms with Crippen LogP contribution >= 0.6 is 0 Å². The molecule has 2 aromatic rings. The number of carbonyl (C=O) groups is 3. The summed E-state index contributed by atoms with van der Waals surface area (Å²) in [6, 6.07) is 6.60. The smallest absolute Gasteiger partial charge is 0.333 e. The van der Waals surface area contributed by atoms with Crippen molar-refractivity contribution in [3.63, 3.8) is 0 Å². The van der Waals surface area contributed by atoms with Gasteiger partial charge in [0.1, 0.15) is 22.8 Å².